The molecule has 0 radical (unpaired) electrons. The highest BCUT2D eigenvalue weighted by atomic mass is 35.5. The van der Waals surface area contributed by atoms with E-state index in [1.165, 1.54) is 0 Å². The average molecular weight is 409 g/mol. The van der Waals surface area contributed by atoms with Gasteiger partial charge in [0.1, 0.15) is 11.6 Å². The average Bonchev–Trinajstić information content (AvgIpc) is 2.53. The number of rotatable bonds is 4. The zero-order valence-corrected chi connectivity index (χ0v) is 14.0. The van der Waals surface area contributed by atoms with Crippen molar-refractivity contribution in [2.75, 3.05) is 13.1 Å². The van der Waals surface area contributed by atoms with Crippen molar-refractivity contribution in [2.45, 2.75) is 37.5 Å². The summed E-state index contributed by atoms with van der Waals surface area (Å²) in [6, 6.07) is 0.578. The first kappa shape index (κ1) is 22.5. The maximum absolute atomic E-state index is 13.9. The number of nitrogens with zero attached hydrogens (tertiary/aromatic N) is 1. The fraction of sp³-hybridized carbons (Fsp3) is 0.533. The van der Waals surface area contributed by atoms with E-state index in [1.807, 2.05) is 0 Å². The van der Waals surface area contributed by atoms with Gasteiger partial charge in [-0.25, -0.2) is 17.6 Å². The molecule has 1 aromatic rings. The summed E-state index contributed by atoms with van der Waals surface area (Å²) < 4.78 is 90.5. The maximum Gasteiger partial charge on any atom is 0.471 e. The highest BCUT2D eigenvalue weighted by Gasteiger charge is 2.46. The van der Waals surface area contributed by atoms with Crippen LogP contribution in [0.1, 0.15) is 24.4 Å². The Labute approximate surface area is 150 Å². The Morgan fingerprint density at radius 3 is 2.50 bits per heavy atom. The first-order valence-electron chi connectivity index (χ1n) is 7.44. The molecule has 1 aliphatic heterocycles. The van der Waals surface area contributed by atoms with E-state index in [4.69, 9.17) is 0 Å². The molecule has 0 saturated carbocycles. The molecule has 0 aromatic heterocycles. The third kappa shape index (κ3) is 5.47. The van der Waals surface area contributed by atoms with Gasteiger partial charge in [-0.2, -0.15) is 13.2 Å². The minimum Gasteiger partial charge on any atom is -0.326 e. The van der Waals surface area contributed by atoms with Gasteiger partial charge in [-0.1, -0.05) is 0 Å². The summed E-state index contributed by atoms with van der Waals surface area (Å²) in [5, 5.41) is 2.81. The van der Waals surface area contributed by atoms with Gasteiger partial charge in [0.25, 0.3) is 6.43 Å². The largest absolute Gasteiger partial charge is 0.471 e. The number of alkyl halides is 5. The number of hydrogen-bond donors (Lipinski definition) is 1. The van der Waals surface area contributed by atoms with Gasteiger partial charge >= 0.3 is 12.1 Å². The van der Waals surface area contributed by atoms with Crippen LogP contribution >= 0.6 is 12.4 Å². The molecule has 1 amide bonds. The van der Waals surface area contributed by atoms with Gasteiger partial charge < -0.3 is 10.2 Å². The van der Waals surface area contributed by atoms with Crippen LogP contribution in [0.3, 0.4) is 0 Å². The molecular weight excluding hydrogens is 393 g/mol. The van der Waals surface area contributed by atoms with Crippen molar-refractivity contribution >= 4 is 18.3 Å². The van der Waals surface area contributed by atoms with Crippen molar-refractivity contribution in [3.05, 3.63) is 35.4 Å². The normalized spacial score (nSPS) is 20.6. The molecule has 0 aliphatic carbocycles. The van der Waals surface area contributed by atoms with Crippen LogP contribution in [0.2, 0.25) is 0 Å². The van der Waals surface area contributed by atoms with Gasteiger partial charge in [0.05, 0.1) is 6.54 Å². The quantitative estimate of drug-likeness (QED) is 0.768. The fourth-order valence-corrected chi connectivity index (χ4v) is 2.91. The number of benzene rings is 1. The highest BCUT2D eigenvalue weighted by molar-refractivity contribution is 5.85. The molecule has 0 bridgehead atoms. The molecule has 2 atom stereocenters. The minimum absolute atomic E-state index is 0. The minimum atomic E-state index is -5.29. The molecule has 0 unspecified atom stereocenters. The van der Waals surface area contributed by atoms with Gasteiger partial charge in [-0.15, -0.1) is 12.4 Å². The molecule has 11 heteroatoms. The lowest BCUT2D eigenvalue weighted by molar-refractivity contribution is -0.190. The van der Waals surface area contributed by atoms with Gasteiger partial charge in [0.15, 0.2) is 0 Å². The predicted octanol–water partition coefficient (Wildman–Crippen LogP) is 3.84. The van der Waals surface area contributed by atoms with Gasteiger partial charge in [-0.05, 0) is 37.6 Å². The van der Waals surface area contributed by atoms with Crippen LogP contribution in [0.5, 0.6) is 0 Å². The van der Waals surface area contributed by atoms with Gasteiger partial charge in [0.2, 0.25) is 0 Å². The van der Waals surface area contributed by atoms with Crippen LogP contribution in [0.4, 0.5) is 30.7 Å². The maximum atomic E-state index is 13.9. The smallest absolute Gasteiger partial charge is 0.326 e. The van der Waals surface area contributed by atoms with Crippen LogP contribution in [0.15, 0.2) is 18.2 Å². The third-order valence-electron chi connectivity index (χ3n) is 3.99. The Morgan fingerprint density at radius 2 is 1.92 bits per heavy atom. The first-order valence-corrected chi connectivity index (χ1v) is 7.44. The molecule has 1 N–H and O–H groups in total. The second-order valence-corrected chi connectivity index (χ2v) is 5.70. The third-order valence-corrected chi connectivity index (χ3v) is 3.99. The van der Waals surface area contributed by atoms with E-state index in [1.54, 1.807) is 0 Å². The predicted molar refractivity (Wildman–Crippen MR) is 81.1 cm³/mol. The van der Waals surface area contributed by atoms with Crippen molar-refractivity contribution in [1.82, 2.24) is 10.2 Å². The van der Waals surface area contributed by atoms with Crippen LogP contribution in [0.25, 0.3) is 0 Å². The molecule has 3 nitrogen and oxygen atoms in total. The van der Waals surface area contributed by atoms with Crippen molar-refractivity contribution in [3.63, 3.8) is 0 Å². The molecule has 1 heterocycles. The van der Waals surface area contributed by atoms with E-state index in [0.29, 0.717) is 0 Å². The molecule has 1 aromatic carbocycles. The summed E-state index contributed by atoms with van der Waals surface area (Å²) in [5.74, 6) is -3.88. The van der Waals surface area contributed by atoms with Crippen LogP contribution in [0, 0.1) is 11.6 Å². The van der Waals surface area contributed by atoms with Crippen LogP contribution in [-0.4, -0.2) is 42.5 Å². The van der Waals surface area contributed by atoms with E-state index in [2.05, 4.69) is 5.32 Å². The van der Waals surface area contributed by atoms with Crippen molar-refractivity contribution in [2.24, 2.45) is 0 Å². The molecule has 2 rings (SSSR count). The molecule has 0 spiro atoms. The van der Waals surface area contributed by atoms with E-state index in [0.717, 1.165) is 18.2 Å². The Bertz CT molecular complexity index is 627. The van der Waals surface area contributed by atoms with Crippen molar-refractivity contribution in [1.29, 1.82) is 0 Å². The topological polar surface area (TPSA) is 32.3 Å². The van der Waals surface area contributed by atoms with E-state index in [-0.39, 0.29) is 42.3 Å². The Morgan fingerprint density at radius 1 is 1.27 bits per heavy atom. The lowest BCUT2D eigenvalue weighted by Gasteiger charge is -2.38. The van der Waals surface area contributed by atoms with E-state index in [9.17, 15) is 35.5 Å². The number of carbonyl (C=O) groups excluding carboxylic acids is 1. The highest BCUT2D eigenvalue weighted by Crippen LogP contribution is 2.31. The summed E-state index contributed by atoms with van der Waals surface area (Å²) in [6.45, 7) is -1.31. The van der Waals surface area contributed by atoms with Crippen molar-refractivity contribution in [3.8, 4) is 0 Å². The second-order valence-electron chi connectivity index (χ2n) is 5.70. The lowest BCUT2D eigenvalue weighted by Crippen LogP contribution is -2.52. The number of halogens is 8. The Hall–Kier alpha value is -1.55. The Balaban J connectivity index is 0.00000338. The number of hydrogen-bond acceptors (Lipinski definition) is 2. The summed E-state index contributed by atoms with van der Waals surface area (Å²) >= 11 is 0. The zero-order chi connectivity index (χ0) is 18.8. The van der Waals surface area contributed by atoms with Crippen molar-refractivity contribution < 1.29 is 35.5 Å². The molecular formula is C15H16ClF7N2O. The summed E-state index contributed by atoms with van der Waals surface area (Å²) in [6.07, 6.45) is -8.69. The molecule has 1 saturated heterocycles. The molecule has 26 heavy (non-hydrogen) atoms. The summed E-state index contributed by atoms with van der Waals surface area (Å²) in [4.78, 5) is 11.6. The first-order chi connectivity index (χ1) is 11.6. The number of nitrogens with one attached hydrogen (secondary N) is 1. The molecule has 1 fully saturated rings. The lowest BCUT2D eigenvalue weighted by atomic mass is 9.92. The van der Waals surface area contributed by atoms with E-state index < -0.39 is 48.8 Å². The van der Waals surface area contributed by atoms with Crippen LogP contribution < -0.4 is 5.32 Å². The molecule has 1 aliphatic rings. The summed E-state index contributed by atoms with van der Waals surface area (Å²) in [7, 11) is 0. The summed E-state index contributed by atoms with van der Waals surface area (Å²) in [5.41, 5.74) is -0.124. The number of carbonyl (C=O) groups is 1. The Kier molecular flexibility index (Phi) is 7.70. The van der Waals surface area contributed by atoms with E-state index >= 15 is 0 Å². The molecule has 148 valence electrons. The standard InChI is InChI=1S/C15H15F7N2O.ClH/c16-8-1-2-11(17)10(5-8)12-6-9(3-4-23-12)24(7-13(18)19)14(25)15(20,21)22;/h1-2,5,9,12-13,23H,3-4,6-7H2;1H/t9-,12+;/m1./s1. The fourth-order valence-electron chi connectivity index (χ4n) is 2.91. The SMILES string of the molecule is Cl.O=C(N(CC(F)F)[C@@H]1CCN[C@H](c2cc(F)ccc2F)C1)C(F)(F)F. The second kappa shape index (κ2) is 8.90. The number of amides is 1. The zero-order valence-electron chi connectivity index (χ0n) is 13.2. The van der Waals surface area contributed by atoms with Crippen LogP contribution in [-0.2, 0) is 4.79 Å². The van der Waals surface area contributed by atoms with Gasteiger partial charge in [0, 0.05) is 17.6 Å². The monoisotopic (exact) mass is 408 g/mol. The number of piperidine rings is 1. The van der Waals surface area contributed by atoms with Gasteiger partial charge in [-0.3, -0.25) is 4.79 Å².